The number of carbonyl (C=O) groups is 1. The summed E-state index contributed by atoms with van der Waals surface area (Å²) in [5.74, 6) is -0.315. The predicted molar refractivity (Wildman–Crippen MR) is 96.6 cm³/mol. The quantitative estimate of drug-likeness (QED) is 0.734. The van der Waals surface area contributed by atoms with Gasteiger partial charge >= 0.3 is 0 Å². The van der Waals surface area contributed by atoms with Crippen LogP contribution >= 0.6 is 15.9 Å². The monoisotopic (exact) mass is 399 g/mol. The number of para-hydroxylation sites is 1. The van der Waals surface area contributed by atoms with Gasteiger partial charge in [0.25, 0.3) is 5.91 Å². The first-order valence-electron chi connectivity index (χ1n) is 7.85. The Kier molecular flexibility index (Phi) is 3.94. The fourth-order valence-electron chi connectivity index (χ4n) is 3.30. The zero-order valence-electron chi connectivity index (χ0n) is 13.1. The van der Waals surface area contributed by atoms with Crippen molar-refractivity contribution < 1.29 is 14.3 Å². The number of aliphatic hydroxyl groups is 1. The molecule has 0 saturated carbocycles. The minimum Gasteiger partial charge on any atom is -0.450 e. The first-order valence-corrected chi connectivity index (χ1v) is 8.64. The number of hydrogen-bond donors (Lipinski definition) is 1. The first kappa shape index (κ1) is 16.1. The topological polar surface area (TPSA) is 70.8 Å². The molecule has 0 saturated heterocycles. The SMILES string of the molecule is O=C1c2oc3ccccc3c(=O)c2[C@@H](c2ccc(Br)cc2)N1CCO. The van der Waals surface area contributed by atoms with Crippen molar-refractivity contribution in [2.75, 3.05) is 13.2 Å². The van der Waals surface area contributed by atoms with Gasteiger partial charge in [-0.25, -0.2) is 0 Å². The van der Waals surface area contributed by atoms with Gasteiger partial charge in [-0.2, -0.15) is 0 Å². The Bertz CT molecular complexity index is 1030. The number of halogens is 1. The number of rotatable bonds is 3. The number of nitrogens with zero attached hydrogens (tertiary/aromatic N) is 1. The largest absolute Gasteiger partial charge is 0.450 e. The van der Waals surface area contributed by atoms with Gasteiger partial charge in [0.2, 0.25) is 5.76 Å². The standard InChI is InChI=1S/C19H14BrNO4/c20-12-7-5-11(6-8-12)16-15-17(23)13-3-1-2-4-14(13)25-18(15)19(24)21(16)9-10-22/h1-8,16,22H,9-10H2/t16-/m1/s1. The second-order valence-electron chi connectivity index (χ2n) is 5.85. The van der Waals surface area contributed by atoms with E-state index in [1.165, 1.54) is 4.90 Å². The van der Waals surface area contributed by atoms with E-state index in [1.807, 2.05) is 24.3 Å². The van der Waals surface area contributed by atoms with E-state index in [4.69, 9.17) is 4.42 Å². The van der Waals surface area contributed by atoms with Crippen molar-refractivity contribution in [3.8, 4) is 0 Å². The molecule has 2 aromatic carbocycles. The second-order valence-corrected chi connectivity index (χ2v) is 6.76. The Morgan fingerprint density at radius 1 is 1.08 bits per heavy atom. The number of benzene rings is 2. The zero-order chi connectivity index (χ0) is 17.6. The average molecular weight is 400 g/mol. The van der Waals surface area contributed by atoms with Crippen molar-refractivity contribution >= 4 is 32.8 Å². The molecule has 0 aliphatic carbocycles. The van der Waals surface area contributed by atoms with Crippen LogP contribution in [0.25, 0.3) is 11.0 Å². The molecule has 1 amide bonds. The van der Waals surface area contributed by atoms with E-state index in [0.717, 1.165) is 10.0 Å². The van der Waals surface area contributed by atoms with Crippen LogP contribution in [0.4, 0.5) is 0 Å². The molecule has 1 aliphatic rings. The van der Waals surface area contributed by atoms with Crippen LogP contribution in [-0.2, 0) is 0 Å². The lowest BCUT2D eigenvalue weighted by Gasteiger charge is -2.24. The van der Waals surface area contributed by atoms with Crippen molar-refractivity contribution in [3.05, 3.63) is 80.1 Å². The summed E-state index contributed by atoms with van der Waals surface area (Å²) in [6.45, 7) is -0.0694. The van der Waals surface area contributed by atoms with Gasteiger partial charge in [-0.15, -0.1) is 0 Å². The van der Waals surface area contributed by atoms with Gasteiger partial charge in [0.05, 0.1) is 23.6 Å². The van der Waals surface area contributed by atoms with Crippen LogP contribution < -0.4 is 5.43 Å². The number of amides is 1. The van der Waals surface area contributed by atoms with Gasteiger partial charge in [0.1, 0.15) is 5.58 Å². The lowest BCUT2D eigenvalue weighted by atomic mass is 9.98. The normalized spacial score (nSPS) is 16.5. The molecule has 5 nitrogen and oxygen atoms in total. The van der Waals surface area contributed by atoms with Crippen LogP contribution in [0.1, 0.15) is 27.7 Å². The molecule has 1 atom stereocenters. The molecule has 0 radical (unpaired) electrons. The Hall–Kier alpha value is -2.44. The minimum absolute atomic E-state index is 0.0602. The van der Waals surface area contributed by atoms with Gasteiger partial charge in [0, 0.05) is 11.0 Å². The molecule has 1 N–H and O–H groups in total. The van der Waals surface area contributed by atoms with Gasteiger partial charge in [-0.1, -0.05) is 40.2 Å². The Balaban J connectivity index is 2.00. The molecular weight excluding hydrogens is 386 g/mol. The number of hydrogen-bond acceptors (Lipinski definition) is 4. The van der Waals surface area contributed by atoms with E-state index >= 15 is 0 Å². The fourth-order valence-corrected chi connectivity index (χ4v) is 3.56. The summed E-state index contributed by atoms with van der Waals surface area (Å²) in [7, 11) is 0. The van der Waals surface area contributed by atoms with E-state index in [9.17, 15) is 14.7 Å². The third kappa shape index (κ3) is 2.49. The maximum Gasteiger partial charge on any atom is 0.290 e. The zero-order valence-corrected chi connectivity index (χ0v) is 14.7. The summed E-state index contributed by atoms with van der Waals surface area (Å²) in [5.41, 5.74) is 1.31. The van der Waals surface area contributed by atoms with Crippen LogP contribution in [0.2, 0.25) is 0 Å². The Morgan fingerprint density at radius 2 is 1.80 bits per heavy atom. The molecule has 0 bridgehead atoms. The number of aliphatic hydroxyl groups excluding tert-OH is 1. The molecule has 1 aliphatic heterocycles. The summed E-state index contributed by atoms with van der Waals surface area (Å²) in [6, 6.07) is 13.8. The lowest BCUT2D eigenvalue weighted by molar-refractivity contribution is 0.0691. The van der Waals surface area contributed by atoms with Crippen molar-refractivity contribution in [1.29, 1.82) is 0 Å². The van der Waals surface area contributed by atoms with E-state index in [2.05, 4.69) is 15.9 Å². The second kappa shape index (κ2) is 6.13. The third-order valence-corrected chi connectivity index (χ3v) is 4.93. The molecule has 0 unspecified atom stereocenters. The average Bonchev–Trinajstić information content (AvgIpc) is 2.89. The van der Waals surface area contributed by atoms with Gasteiger partial charge < -0.3 is 14.4 Å². The van der Waals surface area contributed by atoms with Crippen molar-refractivity contribution in [2.24, 2.45) is 0 Å². The fraction of sp³-hybridized carbons (Fsp3) is 0.158. The molecule has 126 valence electrons. The predicted octanol–water partition coefficient (Wildman–Crippen LogP) is 3.09. The Morgan fingerprint density at radius 3 is 2.52 bits per heavy atom. The van der Waals surface area contributed by atoms with E-state index in [0.29, 0.717) is 16.5 Å². The number of carbonyl (C=O) groups excluding carboxylic acids is 1. The Labute approximate surface area is 151 Å². The van der Waals surface area contributed by atoms with Crippen LogP contribution in [0.15, 0.2) is 62.2 Å². The summed E-state index contributed by atoms with van der Waals surface area (Å²) in [4.78, 5) is 27.3. The van der Waals surface area contributed by atoms with Crippen LogP contribution in [0.3, 0.4) is 0 Å². The number of fused-ring (bicyclic) bond motifs is 2. The molecular formula is C19H14BrNO4. The van der Waals surface area contributed by atoms with Gasteiger partial charge in [0.15, 0.2) is 5.43 Å². The maximum absolute atomic E-state index is 13.1. The number of β-amino-alcohol motifs (C(OH)–C–C–N with tert-alkyl or cyclic N) is 1. The summed E-state index contributed by atoms with van der Waals surface area (Å²) >= 11 is 3.39. The third-order valence-electron chi connectivity index (χ3n) is 4.40. The van der Waals surface area contributed by atoms with Gasteiger partial charge in [-0.3, -0.25) is 9.59 Å². The molecule has 0 spiro atoms. The molecule has 0 fully saturated rings. The summed E-state index contributed by atoms with van der Waals surface area (Å²) in [5, 5.41) is 9.83. The molecule has 4 rings (SSSR count). The van der Waals surface area contributed by atoms with E-state index in [1.54, 1.807) is 24.3 Å². The summed E-state index contributed by atoms with van der Waals surface area (Å²) < 4.78 is 6.67. The van der Waals surface area contributed by atoms with Crippen molar-refractivity contribution in [1.82, 2.24) is 4.90 Å². The molecule has 1 aromatic heterocycles. The van der Waals surface area contributed by atoms with Gasteiger partial charge in [-0.05, 0) is 29.8 Å². The lowest BCUT2D eigenvalue weighted by Crippen LogP contribution is -2.32. The molecule has 6 heteroatoms. The first-order chi connectivity index (χ1) is 12.1. The smallest absolute Gasteiger partial charge is 0.290 e. The van der Waals surface area contributed by atoms with Crippen LogP contribution in [-0.4, -0.2) is 29.1 Å². The highest BCUT2D eigenvalue weighted by atomic mass is 79.9. The van der Waals surface area contributed by atoms with E-state index < -0.39 is 6.04 Å². The molecule has 25 heavy (non-hydrogen) atoms. The van der Waals surface area contributed by atoms with E-state index in [-0.39, 0.29) is 30.2 Å². The van der Waals surface area contributed by atoms with Crippen molar-refractivity contribution in [3.63, 3.8) is 0 Å². The minimum atomic E-state index is -0.566. The van der Waals surface area contributed by atoms with Crippen LogP contribution in [0.5, 0.6) is 0 Å². The van der Waals surface area contributed by atoms with Crippen molar-refractivity contribution in [2.45, 2.75) is 6.04 Å². The molecule has 2 heterocycles. The summed E-state index contributed by atoms with van der Waals surface area (Å²) in [6.07, 6.45) is 0. The highest BCUT2D eigenvalue weighted by Crippen LogP contribution is 2.38. The molecule has 3 aromatic rings. The maximum atomic E-state index is 13.1. The highest BCUT2D eigenvalue weighted by molar-refractivity contribution is 9.10. The van der Waals surface area contributed by atoms with Crippen LogP contribution in [0, 0.1) is 0 Å². The highest BCUT2D eigenvalue weighted by Gasteiger charge is 2.42.